The van der Waals surface area contributed by atoms with Crippen LogP contribution in [0.2, 0.25) is 5.02 Å². The Kier molecular flexibility index (Phi) is 7.12. The van der Waals surface area contributed by atoms with E-state index in [1.807, 2.05) is 24.3 Å². The lowest BCUT2D eigenvalue weighted by Crippen LogP contribution is -2.41. The topological polar surface area (TPSA) is 69.6 Å². The molecular formula is C12H16ClNO3S. The summed E-state index contributed by atoms with van der Waals surface area (Å²) < 4.78 is 0. The maximum absolute atomic E-state index is 11.4. The molecule has 0 atom stereocenters. The van der Waals surface area contributed by atoms with Crippen molar-refractivity contribution >= 4 is 29.3 Å². The van der Waals surface area contributed by atoms with Gasteiger partial charge >= 0.3 is 0 Å². The van der Waals surface area contributed by atoms with Crippen LogP contribution in [-0.4, -0.2) is 41.1 Å². The summed E-state index contributed by atoms with van der Waals surface area (Å²) in [5.74, 6) is 0.814. The van der Waals surface area contributed by atoms with Gasteiger partial charge in [0.2, 0.25) is 5.91 Å². The third kappa shape index (κ3) is 5.73. The Labute approximate surface area is 115 Å². The maximum atomic E-state index is 11.4. The van der Waals surface area contributed by atoms with Crippen LogP contribution in [0.3, 0.4) is 0 Å². The van der Waals surface area contributed by atoms with E-state index < -0.39 is 6.04 Å². The number of amides is 1. The Bertz CT molecular complexity index is 368. The normalized spacial score (nSPS) is 10.7. The van der Waals surface area contributed by atoms with Crippen molar-refractivity contribution in [1.29, 1.82) is 0 Å². The molecule has 1 rings (SSSR count). The molecule has 1 amide bonds. The number of benzene rings is 1. The van der Waals surface area contributed by atoms with Gasteiger partial charge in [0.1, 0.15) is 0 Å². The van der Waals surface area contributed by atoms with Gasteiger partial charge in [-0.1, -0.05) is 23.7 Å². The molecule has 0 aliphatic rings. The number of carbonyl (C=O) groups excluding carboxylic acids is 1. The summed E-state index contributed by atoms with van der Waals surface area (Å²) in [5, 5.41) is 20.8. The zero-order chi connectivity index (χ0) is 13.4. The van der Waals surface area contributed by atoms with E-state index in [1.165, 1.54) is 11.8 Å². The van der Waals surface area contributed by atoms with E-state index in [-0.39, 0.29) is 19.1 Å². The SMILES string of the molecule is O=C(CSCc1ccc(Cl)cc1)NC(CO)CO. The average molecular weight is 290 g/mol. The van der Waals surface area contributed by atoms with Crippen molar-refractivity contribution in [1.82, 2.24) is 5.32 Å². The molecule has 0 heterocycles. The molecule has 100 valence electrons. The van der Waals surface area contributed by atoms with Gasteiger partial charge < -0.3 is 15.5 Å². The van der Waals surface area contributed by atoms with Crippen LogP contribution < -0.4 is 5.32 Å². The maximum Gasteiger partial charge on any atom is 0.230 e. The van der Waals surface area contributed by atoms with Crippen molar-refractivity contribution in [3.8, 4) is 0 Å². The molecule has 0 aliphatic carbocycles. The van der Waals surface area contributed by atoms with Crippen LogP contribution in [0, 0.1) is 0 Å². The molecule has 3 N–H and O–H groups in total. The molecule has 1 aromatic carbocycles. The van der Waals surface area contributed by atoms with E-state index in [9.17, 15) is 4.79 Å². The van der Waals surface area contributed by atoms with E-state index in [4.69, 9.17) is 21.8 Å². The minimum absolute atomic E-state index is 0.193. The molecule has 4 nitrogen and oxygen atoms in total. The van der Waals surface area contributed by atoms with Crippen LogP contribution >= 0.6 is 23.4 Å². The molecule has 0 unspecified atom stereocenters. The smallest absolute Gasteiger partial charge is 0.230 e. The van der Waals surface area contributed by atoms with E-state index in [0.29, 0.717) is 16.5 Å². The summed E-state index contributed by atoms with van der Waals surface area (Å²) in [7, 11) is 0. The van der Waals surface area contributed by atoms with Gasteiger partial charge in [-0.3, -0.25) is 4.79 Å². The van der Waals surface area contributed by atoms with Gasteiger partial charge in [-0.15, -0.1) is 11.8 Å². The first-order valence-corrected chi connectivity index (χ1v) is 7.02. The second-order valence-corrected chi connectivity index (χ2v) is 5.17. The molecule has 0 saturated carbocycles. The highest BCUT2D eigenvalue weighted by molar-refractivity contribution is 7.99. The van der Waals surface area contributed by atoms with Gasteiger partial charge in [-0.05, 0) is 17.7 Å². The average Bonchev–Trinajstić information content (AvgIpc) is 2.38. The van der Waals surface area contributed by atoms with Crippen LogP contribution in [0.5, 0.6) is 0 Å². The summed E-state index contributed by atoms with van der Waals surface area (Å²) in [6, 6.07) is 6.87. The highest BCUT2D eigenvalue weighted by Crippen LogP contribution is 2.15. The number of aliphatic hydroxyl groups is 2. The predicted octanol–water partition coefficient (Wildman–Crippen LogP) is 1.04. The summed E-state index contributed by atoms with van der Waals surface area (Å²) in [6.45, 7) is -0.520. The van der Waals surface area contributed by atoms with Crippen LogP contribution in [0.25, 0.3) is 0 Å². The van der Waals surface area contributed by atoms with Gasteiger partial charge in [0.15, 0.2) is 0 Å². The van der Waals surface area contributed by atoms with Crippen molar-refractivity contribution < 1.29 is 15.0 Å². The van der Waals surface area contributed by atoms with Crippen molar-refractivity contribution in [2.75, 3.05) is 19.0 Å². The Morgan fingerprint density at radius 1 is 1.28 bits per heavy atom. The number of thioether (sulfide) groups is 1. The molecule has 0 aliphatic heterocycles. The fourth-order valence-electron chi connectivity index (χ4n) is 1.26. The van der Waals surface area contributed by atoms with Crippen LogP contribution in [0.4, 0.5) is 0 Å². The highest BCUT2D eigenvalue weighted by Gasteiger charge is 2.09. The largest absolute Gasteiger partial charge is 0.394 e. The van der Waals surface area contributed by atoms with Gasteiger partial charge in [-0.25, -0.2) is 0 Å². The predicted molar refractivity (Wildman–Crippen MR) is 73.7 cm³/mol. The number of halogens is 1. The fourth-order valence-corrected chi connectivity index (χ4v) is 2.19. The Hall–Kier alpha value is -0.750. The van der Waals surface area contributed by atoms with Gasteiger partial charge in [0.25, 0.3) is 0 Å². The number of hydrogen-bond donors (Lipinski definition) is 3. The molecule has 0 spiro atoms. The van der Waals surface area contributed by atoms with Crippen molar-refractivity contribution in [2.45, 2.75) is 11.8 Å². The fraction of sp³-hybridized carbons (Fsp3) is 0.417. The number of carbonyl (C=O) groups is 1. The molecule has 0 saturated heterocycles. The van der Waals surface area contributed by atoms with E-state index in [2.05, 4.69) is 5.32 Å². The highest BCUT2D eigenvalue weighted by atomic mass is 35.5. The lowest BCUT2D eigenvalue weighted by Gasteiger charge is -2.12. The molecule has 6 heteroatoms. The zero-order valence-corrected chi connectivity index (χ0v) is 11.4. The van der Waals surface area contributed by atoms with Crippen molar-refractivity contribution in [2.24, 2.45) is 0 Å². The minimum Gasteiger partial charge on any atom is -0.394 e. The Morgan fingerprint density at radius 3 is 2.44 bits per heavy atom. The van der Waals surface area contributed by atoms with Crippen LogP contribution in [-0.2, 0) is 10.5 Å². The quantitative estimate of drug-likeness (QED) is 0.702. The molecular weight excluding hydrogens is 274 g/mol. The number of hydrogen-bond acceptors (Lipinski definition) is 4. The lowest BCUT2D eigenvalue weighted by atomic mass is 10.2. The van der Waals surface area contributed by atoms with Gasteiger partial charge in [-0.2, -0.15) is 0 Å². The second-order valence-electron chi connectivity index (χ2n) is 3.75. The number of aliphatic hydroxyl groups excluding tert-OH is 2. The minimum atomic E-state index is -0.575. The lowest BCUT2D eigenvalue weighted by molar-refractivity contribution is -0.119. The van der Waals surface area contributed by atoms with Crippen molar-refractivity contribution in [3.05, 3.63) is 34.9 Å². The van der Waals surface area contributed by atoms with E-state index in [1.54, 1.807) is 0 Å². The number of nitrogens with one attached hydrogen (secondary N) is 1. The third-order valence-corrected chi connectivity index (χ3v) is 3.48. The Balaban J connectivity index is 2.25. The molecule has 0 aromatic heterocycles. The summed E-state index contributed by atoms with van der Waals surface area (Å²) >= 11 is 7.23. The molecule has 0 radical (unpaired) electrons. The van der Waals surface area contributed by atoms with Crippen LogP contribution in [0.15, 0.2) is 24.3 Å². The third-order valence-electron chi connectivity index (χ3n) is 2.22. The first-order valence-electron chi connectivity index (χ1n) is 5.49. The number of rotatable bonds is 7. The standard InChI is InChI=1S/C12H16ClNO3S/c13-10-3-1-9(2-4-10)7-18-8-12(17)14-11(5-15)6-16/h1-4,11,15-16H,5-8H2,(H,14,17). The van der Waals surface area contributed by atoms with E-state index in [0.717, 1.165) is 5.56 Å². The first kappa shape index (κ1) is 15.3. The van der Waals surface area contributed by atoms with Crippen LogP contribution in [0.1, 0.15) is 5.56 Å². The van der Waals surface area contributed by atoms with Crippen molar-refractivity contribution in [3.63, 3.8) is 0 Å². The Morgan fingerprint density at radius 2 is 1.89 bits per heavy atom. The summed E-state index contributed by atoms with van der Waals surface area (Å²) in [4.78, 5) is 11.4. The molecule has 0 bridgehead atoms. The summed E-state index contributed by atoms with van der Waals surface area (Å²) in [5.41, 5.74) is 1.10. The molecule has 18 heavy (non-hydrogen) atoms. The monoisotopic (exact) mass is 289 g/mol. The molecule has 1 aromatic rings. The first-order chi connectivity index (χ1) is 8.65. The van der Waals surface area contributed by atoms with Gasteiger partial charge in [0.05, 0.1) is 25.0 Å². The van der Waals surface area contributed by atoms with E-state index >= 15 is 0 Å². The second kappa shape index (κ2) is 8.37. The summed E-state index contributed by atoms with van der Waals surface area (Å²) in [6.07, 6.45) is 0. The zero-order valence-electron chi connectivity index (χ0n) is 9.80. The molecule has 0 fully saturated rings. The van der Waals surface area contributed by atoms with Gasteiger partial charge in [0, 0.05) is 10.8 Å².